The Bertz CT molecular complexity index is 1080. The molecule has 1 aromatic heterocycles. The van der Waals surface area contributed by atoms with Gasteiger partial charge in [-0.25, -0.2) is 4.98 Å². The number of amides is 1. The van der Waals surface area contributed by atoms with Gasteiger partial charge in [0.1, 0.15) is 6.07 Å². The maximum Gasteiger partial charge on any atom is 0.287 e. The summed E-state index contributed by atoms with van der Waals surface area (Å²) in [6.45, 7) is 4.83. The maximum absolute atomic E-state index is 12.3. The molecule has 3 atom stereocenters. The zero-order chi connectivity index (χ0) is 25.8. The second kappa shape index (κ2) is 10.7. The van der Waals surface area contributed by atoms with Crippen molar-refractivity contribution < 1.29 is 19.7 Å². The Morgan fingerprint density at radius 1 is 1.28 bits per heavy atom. The van der Waals surface area contributed by atoms with Gasteiger partial charge in [-0.1, -0.05) is 43.7 Å². The smallest absolute Gasteiger partial charge is 0.287 e. The Morgan fingerprint density at radius 3 is 2.58 bits per heavy atom. The highest BCUT2D eigenvalue weighted by Gasteiger charge is 2.55. The van der Waals surface area contributed by atoms with Crippen LogP contribution in [0.15, 0.2) is 41.6 Å². The van der Waals surface area contributed by atoms with E-state index >= 15 is 0 Å². The molecule has 0 spiro atoms. The number of nitrogens with one attached hydrogen (secondary N) is 2. The number of nitriles is 1. The summed E-state index contributed by atoms with van der Waals surface area (Å²) in [6, 6.07) is 1.90. The first-order valence-electron chi connectivity index (χ1n) is 12.9. The summed E-state index contributed by atoms with van der Waals surface area (Å²) in [5.74, 6) is -0.112. The van der Waals surface area contributed by atoms with Crippen LogP contribution in [0.2, 0.25) is 0 Å². The fourth-order valence-electron chi connectivity index (χ4n) is 5.72. The summed E-state index contributed by atoms with van der Waals surface area (Å²) in [4.78, 5) is 19.0. The highest BCUT2D eigenvalue weighted by molar-refractivity contribution is 5.90. The number of imidazole rings is 1. The molecule has 1 amide bonds. The number of carbonyl (C=O) groups is 1. The largest absolute Gasteiger partial charge is 0.393 e. The fourth-order valence-corrected chi connectivity index (χ4v) is 5.72. The van der Waals surface area contributed by atoms with Gasteiger partial charge in [0.2, 0.25) is 0 Å². The number of carbonyl (C=O) groups excluding carboxylic acids is 1. The van der Waals surface area contributed by atoms with Crippen molar-refractivity contribution in [3.8, 4) is 6.07 Å². The predicted molar refractivity (Wildman–Crippen MR) is 136 cm³/mol. The van der Waals surface area contributed by atoms with Gasteiger partial charge in [-0.15, -0.1) is 0 Å². The molecule has 194 valence electrons. The zero-order valence-electron chi connectivity index (χ0n) is 21.3. The van der Waals surface area contributed by atoms with E-state index in [1.165, 1.54) is 18.2 Å². The predicted octanol–water partition coefficient (Wildman–Crippen LogP) is 3.70. The van der Waals surface area contributed by atoms with Gasteiger partial charge in [0.05, 0.1) is 24.4 Å². The molecule has 1 aliphatic carbocycles. The van der Waals surface area contributed by atoms with Crippen molar-refractivity contribution in [3.05, 3.63) is 53.2 Å². The van der Waals surface area contributed by atoms with Crippen LogP contribution in [0.3, 0.4) is 0 Å². The van der Waals surface area contributed by atoms with Crippen LogP contribution in [-0.4, -0.2) is 57.0 Å². The summed E-state index contributed by atoms with van der Waals surface area (Å²) in [5, 5.41) is 32.0. The highest BCUT2D eigenvalue weighted by atomic mass is 16.6. The first-order valence-corrected chi connectivity index (χ1v) is 12.9. The number of aliphatic hydroxyl groups is 2. The lowest BCUT2D eigenvalue weighted by molar-refractivity contribution is -0.181. The van der Waals surface area contributed by atoms with E-state index < -0.39 is 11.2 Å². The van der Waals surface area contributed by atoms with Crippen molar-refractivity contribution in [2.45, 2.75) is 76.4 Å². The Kier molecular flexibility index (Phi) is 7.84. The molecular formula is C28H38N4O4. The third-order valence-corrected chi connectivity index (χ3v) is 8.02. The molecule has 0 saturated carbocycles. The molecule has 1 aromatic rings. The molecule has 2 aliphatic heterocycles. The number of ether oxygens (including phenoxy) is 1. The number of rotatable bonds is 9. The molecule has 2 saturated heterocycles. The second-order valence-corrected chi connectivity index (χ2v) is 11.4. The number of hydrogen-bond acceptors (Lipinski definition) is 6. The maximum atomic E-state index is 12.3. The highest BCUT2D eigenvalue weighted by Crippen LogP contribution is 2.52. The topological polar surface area (TPSA) is 131 Å². The van der Waals surface area contributed by atoms with E-state index in [1.54, 1.807) is 0 Å². The molecule has 2 fully saturated rings. The molecule has 1 unspecified atom stereocenters. The average Bonchev–Trinajstić information content (AvgIpc) is 3.47. The molecular weight excluding hydrogens is 456 g/mol. The minimum absolute atomic E-state index is 0.0492. The van der Waals surface area contributed by atoms with Crippen LogP contribution in [0.1, 0.15) is 81.5 Å². The van der Waals surface area contributed by atoms with Crippen LogP contribution in [-0.2, 0) is 4.74 Å². The summed E-state index contributed by atoms with van der Waals surface area (Å²) in [6.07, 6.45) is 17.2. The van der Waals surface area contributed by atoms with E-state index in [4.69, 9.17) is 10.00 Å². The third-order valence-electron chi connectivity index (χ3n) is 8.02. The lowest BCUT2D eigenvalue weighted by Gasteiger charge is -2.43. The Labute approximate surface area is 213 Å². The quantitative estimate of drug-likeness (QED) is 0.306. The van der Waals surface area contributed by atoms with Gasteiger partial charge >= 0.3 is 0 Å². The Hall–Kier alpha value is -2.73. The minimum atomic E-state index is -0.599. The standard InChI is InChI=1S/C28H38N4O4/c1-26(2)9-7-20(8-10-26)5-6-21(4-3-13-30-25(35)24-31-17-23(16-29)32-24)22-14-27(18-33)11-12-28(15-22,19-34)36-27/h3-4,6-7,17,22,33-34H,5,8-15,18-19H2,1-2H3,(H,30,35)(H,31,32)/b4-3-,21-6+/t22?,27-,28+. The number of aliphatic hydroxyl groups excluding tert-OH is 2. The minimum Gasteiger partial charge on any atom is -0.393 e. The van der Waals surface area contributed by atoms with Crippen molar-refractivity contribution in [1.29, 1.82) is 5.26 Å². The van der Waals surface area contributed by atoms with Gasteiger partial charge in [0.15, 0.2) is 11.5 Å². The van der Waals surface area contributed by atoms with Crippen LogP contribution in [0, 0.1) is 22.7 Å². The molecule has 2 bridgehead atoms. The monoisotopic (exact) mass is 494 g/mol. The van der Waals surface area contributed by atoms with Crippen LogP contribution in [0.25, 0.3) is 0 Å². The lowest BCUT2D eigenvalue weighted by atomic mass is 9.76. The van der Waals surface area contributed by atoms with E-state index in [2.05, 4.69) is 47.4 Å². The number of hydrogen-bond donors (Lipinski definition) is 4. The summed E-state index contributed by atoms with van der Waals surface area (Å²) in [7, 11) is 0. The Morgan fingerprint density at radius 2 is 2.00 bits per heavy atom. The SMILES string of the molecule is CC1(C)CC=C(C/C=C(\C=C/CNC(=O)c2nc(C#N)c[nH]2)C2C[C@]3(CO)CC[C@](CO)(C2)O3)CC1. The third kappa shape index (κ3) is 5.97. The molecule has 0 radical (unpaired) electrons. The van der Waals surface area contributed by atoms with E-state index in [0.29, 0.717) is 24.8 Å². The zero-order valence-corrected chi connectivity index (χ0v) is 21.3. The second-order valence-electron chi connectivity index (χ2n) is 11.4. The number of nitrogens with zero attached hydrogens (tertiary/aromatic N) is 2. The number of fused-ring (bicyclic) bond motifs is 2. The van der Waals surface area contributed by atoms with Crippen LogP contribution >= 0.6 is 0 Å². The molecule has 3 heterocycles. The number of aromatic amines is 1. The van der Waals surface area contributed by atoms with Crippen LogP contribution in [0.5, 0.6) is 0 Å². The van der Waals surface area contributed by atoms with E-state index in [-0.39, 0.29) is 36.6 Å². The van der Waals surface area contributed by atoms with Gasteiger partial charge in [-0.05, 0) is 68.3 Å². The molecule has 36 heavy (non-hydrogen) atoms. The van der Waals surface area contributed by atoms with Crippen molar-refractivity contribution in [3.63, 3.8) is 0 Å². The van der Waals surface area contributed by atoms with Gasteiger partial charge in [0, 0.05) is 12.7 Å². The molecule has 8 nitrogen and oxygen atoms in total. The Balaban J connectivity index is 1.48. The molecule has 0 aromatic carbocycles. The average molecular weight is 495 g/mol. The van der Waals surface area contributed by atoms with Gasteiger partial charge in [-0.2, -0.15) is 5.26 Å². The van der Waals surface area contributed by atoms with Gasteiger partial charge < -0.3 is 25.3 Å². The summed E-state index contributed by atoms with van der Waals surface area (Å²) in [5.41, 5.74) is 1.93. The van der Waals surface area contributed by atoms with E-state index in [1.807, 2.05) is 12.1 Å². The van der Waals surface area contributed by atoms with Crippen LogP contribution < -0.4 is 5.32 Å². The lowest BCUT2D eigenvalue weighted by Crippen LogP contribution is -2.48. The van der Waals surface area contributed by atoms with E-state index in [0.717, 1.165) is 37.7 Å². The van der Waals surface area contributed by atoms with Crippen molar-refractivity contribution in [2.24, 2.45) is 11.3 Å². The first kappa shape index (κ1) is 26.3. The van der Waals surface area contributed by atoms with Gasteiger partial charge in [-0.3, -0.25) is 4.79 Å². The van der Waals surface area contributed by atoms with Crippen molar-refractivity contribution in [2.75, 3.05) is 19.8 Å². The fraction of sp³-hybridized carbons (Fsp3) is 0.607. The summed E-state index contributed by atoms with van der Waals surface area (Å²) < 4.78 is 6.23. The number of allylic oxidation sites excluding steroid dienone is 5. The molecule has 4 N–H and O–H groups in total. The first-order chi connectivity index (χ1) is 17.2. The van der Waals surface area contributed by atoms with Crippen molar-refractivity contribution >= 4 is 5.91 Å². The number of H-pyrrole nitrogens is 1. The van der Waals surface area contributed by atoms with Gasteiger partial charge in [0.25, 0.3) is 5.91 Å². The molecule has 4 rings (SSSR count). The molecule has 8 heteroatoms. The summed E-state index contributed by atoms with van der Waals surface area (Å²) >= 11 is 0. The normalized spacial score (nSPS) is 29.7. The van der Waals surface area contributed by atoms with Crippen molar-refractivity contribution in [1.82, 2.24) is 15.3 Å². The van der Waals surface area contributed by atoms with E-state index in [9.17, 15) is 15.0 Å². The molecule has 3 aliphatic rings. The number of aromatic nitrogens is 2. The van der Waals surface area contributed by atoms with Crippen LogP contribution in [0.4, 0.5) is 0 Å².